The number of hydrogen-bond donors (Lipinski definition) is 1. The highest BCUT2D eigenvalue weighted by atomic mass is 16.6. The number of ether oxygens (including phenoxy) is 3. The molecule has 178 valence electrons. The first-order valence-electron chi connectivity index (χ1n) is 10.8. The molecule has 0 aliphatic heterocycles. The maximum absolute atomic E-state index is 11.3. The number of hydrogen-bond acceptors (Lipinski definition) is 6. The molecule has 0 unspecified atom stereocenters. The molecule has 0 amide bonds. The molecule has 0 rings (SSSR count). The molecule has 1 N–H and O–H groups in total. The van der Waals surface area contributed by atoms with Gasteiger partial charge in [-0.25, -0.2) is 4.79 Å². The van der Waals surface area contributed by atoms with E-state index in [1.807, 2.05) is 48.5 Å². The molecule has 0 aliphatic rings. The molecule has 0 fully saturated rings. The standard InChI is InChI=1S/C12H23NO2.C10H18O3.C2H6/c1-10(2)7-6-8-13-9-11(14)15-12(3,4)5;1-6-12-9(11)10(4,5)13-7-8(2)3;1-2/h7,13H,6,8-9H2,1-5H3;7H,6H2,1-5H3;1-2H3. The van der Waals surface area contributed by atoms with Crippen LogP contribution in [0.15, 0.2) is 23.5 Å². The Morgan fingerprint density at radius 2 is 1.47 bits per heavy atom. The predicted molar refractivity (Wildman–Crippen MR) is 125 cm³/mol. The summed E-state index contributed by atoms with van der Waals surface area (Å²) in [5, 5.41) is 3.04. The van der Waals surface area contributed by atoms with Gasteiger partial charge in [-0.2, -0.15) is 0 Å². The van der Waals surface area contributed by atoms with Gasteiger partial charge in [-0.15, -0.1) is 0 Å². The minimum absolute atomic E-state index is 0.195. The SMILES string of the molecule is CC.CC(C)=CCCNCC(=O)OC(C)(C)C.CCOC(=O)C(C)(C)OC=C(C)C. The van der Waals surface area contributed by atoms with Crippen LogP contribution in [0.1, 0.15) is 89.5 Å². The average Bonchev–Trinajstić information content (AvgIpc) is 2.60. The van der Waals surface area contributed by atoms with Gasteiger partial charge in [0.15, 0.2) is 5.60 Å². The second-order valence-electron chi connectivity index (χ2n) is 8.38. The molecule has 0 saturated carbocycles. The molecule has 0 aliphatic carbocycles. The molecule has 0 aromatic heterocycles. The van der Waals surface area contributed by atoms with Crippen molar-refractivity contribution in [2.45, 2.75) is 101 Å². The van der Waals surface area contributed by atoms with Gasteiger partial charge < -0.3 is 19.5 Å². The van der Waals surface area contributed by atoms with Crippen LogP contribution in [0.5, 0.6) is 0 Å². The highest BCUT2D eigenvalue weighted by molar-refractivity contribution is 5.78. The molecule has 30 heavy (non-hydrogen) atoms. The van der Waals surface area contributed by atoms with Gasteiger partial charge in [-0.1, -0.05) is 25.5 Å². The van der Waals surface area contributed by atoms with Crippen LogP contribution in [-0.4, -0.2) is 42.8 Å². The molecule has 0 spiro atoms. The van der Waals surface area contributed by atoms with E-state index in [4.69, 9.17) is 14.2 Å². The summed E-state index contributed by atoms with van der Waals surface area (Å²) in [6.45, 7) is 24.2. The van der Waals surface area contributed by atoms with Crippen molar-refractivity contribution in [3.63, 3.8) is 0 Å². The summed E-state index contributed by atoms with van der Waals surface area (Å²) < 4.78 is 15.3. The Labute approximate surface area is 185 Å². The molecular weight excluding hydrogens is 382 g/mol. The third-order valence-corrected chi connectivity index (χ3v) is 2.92. The zero-order valence-electron chi connectivity index (χ0n) is 21.5. The van der Waals surface area contributed by atoms with Gasteiger partial charge in [-0.3, -0.25) is 4.79 Å². The number of nitrogens with one attached hydrogen (secondary N) is 1. The number of carbonyl (C=O) groups excluding carboxylic acids is 2. The van der Waals surface area contributed by atoms with Crippen molar-refractivity contribution in [1.29, 1.82) is 0 Å². The molecular formula is C24H47NO5. The fourth-order valence-corrected chi connectivity index (χ4v) is 1.65. The molecule has 0 radical (unpaired) electrons. The maximum atomic E-state index is 11.3. The summed E-state index contributed by atoms with van der Waals surface area (Å²) in [6, 6.07) is 0. The molecule has 0 bridgehead atoms. The van der Waals surface area contributed by atoms with Crippen LogP contribution in [0, 0.1) is 0 Å². The smallest absolute Gasteiger partial charge is 0.349 e. The van der Waals surface area contributed by atoms with Crippen molar-refractivity contribution in [2.24, 2.45) is 0 Å². The van der Waals surface area contributed by atoms with E-state index < -0.39 is 11.2 Å². The molecule has 0 heterocycles. The van der Waals surface area contributed by atoms with Gasteiger partial charge in [-0.05, 0) is 87.8 Å². The van der Waals surface area contributed by atoms with E-state index in [0.29, 0.717) is 6.61 Å². The highest BCUT2D eigenvalue weighted by Crippen LogP contribution is 2.13. The van der Waals surface area contributed by atoms with Gasteiger partial charge in [0.05, 0.1) is 19.4 Å². The lowest BCUT2D eigenvalue weighted by atomic mass is 10.1. The van der Waals surface area contributed by atoms with Crippen LogP contribution in [0.25, 0.3) is 0 Å². The predicted octanol–water partition coefficient (Wildman–Crippen LogP) is 5.57. The molecule has 0 atom stereocenters. The molecule has 0 aromatic rings. The lowest BCUT2D eigenvalue weighted by Gasteiger charge is -2.21. The third-order valence-electron chi connectivity index (χ3n) is 2.92. The normalized spacial score (nSPS) is 10.3. The first-order chi connectivity index (χ1) is 13.7. The number of carbonyl (C=O) groups is 2. The number of rotatable bonds is 9. The minimum Gasteiger partial charge on any atom is -0.484 e. The van der Waals surface area contributed by atoms with E-state index in [-0.39, 0.29) is 18.5 Å². The van der Waals surface area contributed by atoms with Crippen LogP contribution in [-0.2, 0) is 23.8 Å². The summed E-state index contributed by atoms with van der Waals surface area (Å²) in [5.41, 5.74) is 1.03. The van der Waals surface area contributed by atoms with Crippen molar-refractivity contribution in [2.75, 3.05) is 19.7 Å². The van der Waals surface area contributed by atoms with Crippen molar-refractivity contribution < 1.29 is 23.8 Å². The highest BCUT2D eigenvalue weighted by Gasteiger charge is 2.30. The first-order valence-corrected chi connectivity index (χ1v) is 10.8. The van der Waals surface area contributed by atoms with E-state index in [1.54, 1.807) is 27.0 Å². The zero-order valence-corrected chi connectivity index (χ0v) is 21.5. The van der Waals surface area contributed by atoms with Crippen LogP contribution in [0.3, 0.4) is 0 Å². The Morgan fingerprint density at radius 3 is 1.87 bits per heavy atom. The van der Waals surface area contributed by atoms with Gasteiger partial charge in [0.2, 0.25) is 0 Å². The summed E-state index contributed by atoms with van der Waals surface area (Å²) in [5.74, 6) is -0.535. The summed E-state index contributed by atoms with van der Waals surface area (Å²) in [7, 11) is 0. The minimum atomic E-state index is -0.896. The van der Waals surface area contributed by atoms with Crippen LogP contribution in [0.4, 0.5) is 0 Å². The molecule has 6 heteroatoms. The van der Waals surface area contributed by atoms with E-state index in [9.17, 15) is 9.59 Å². The quantitative estimate of drug-likeness (QED) is 0.224. The number of allylic oxidation sites excluding steroid dienone is 2. The first kappa shape index (κ1) is 32.8. The molecule has 6 nitrogen and oxygen atoms in total. The Balaban J connectivity index is -0.000000452. The van der Waals surface area contributed by atoms with Crippen LogP contribution in [0.2, 0.25) is 0 Å². The maximum Gasteiger partial charge on any atom is 0.349 e. The fourth-order valence-electron chi connectivity index (χ4n) is 1.65. The Morgan fingerprint density at radius 1 is 0.933 bits per heavy atom. The molecule has 0 aromatic carbocycles. The number of esters is 2. The van der Waals surface area contributed by atoms with Gasteiger partial charge in [0.25, 0.3) is 0 Å². The summed E-state index contributed by atoms with van der Waals surface area (Å²) in [6.07, 6.45) is 4.66. The Hall–Kier alpha value is -1.82. The lowest BCUT2D eigenvalue weighted by Crippen LogP contribution is -2.35. The summed E-state index contributed by atoms with van der Waals surface area (Å²) in [4.78, 5) is 22.6. The van der Waals surface area contributed by atoms with Crippen LogP contribution >= 0.6 is 0 Å². The van der Waals surface area contributed by atoms with Crippen LogP contribution < -0.4 is 5.32 Å². The fraction of sp³-hybridized carbons (Fsp3) is 0.750. The van der Waals surface area contributed by atoms with E-state index in [0.717, 1.165) is 18.5 Å². The van der Waals surface area contributed by atoms with Crippen molar-refractivity contribution in [1.82, 2.24) is 5.32 Å². The Kier molecular flexibility index (Phi) is 19.7. The second-order valence-corrected chi connectivity index (χ2v) is 8.38. The molecule has 0 saturated heterocycles. The van der Waals surface area contributed by atoms with Crippen molar-refractivity contribution in [3.05, 3.63) is 23.5 Å². The Bertz CT molecular complexity index is 520. The van der Waals surface area contributed by atoms with Crippen molar-refractivity contribution >= 4 is 11.9 Å². The van der Waals surface area contributed by atoms with Gasteiger partial charge in [0, 0.05) is 0 Å². The largest absolute Gasteiger partial charge is 0.484 e. The topological polar surface area (TPSA) is 73.9 Å². The van der Waals surface area contributed by atoms with Crippen molar-refractivity contribution in [3.8, 4) is 0 Å². The van der Waals surface area contributed by atoms with E-state index in [1.165, 1.54) is 5.57 Å². The van der Waals surface area contributed by atoms with Gasteiger partial charge >= 0.3 is 11.9 Å². The lowest BCUT2D eigenvalue weighted by molar-refractivity contribution is -0.162. The zero-order chi connectivity index (χ0) is 24.4. The second kappa shape index (κ2) is 18.0. The van der Waals surface area contributed by atoms with E-state index >= 15 is 0 Å². The average molecular weight is 430 g/mol. The van der Waals surface area contributed by atoms with Gasteiger partial charge in [0.1, 0.15) is 5.60 Å². The van der Waals surface area contributed by atoms with E-state index in [2.05, 4.69) is 25.2 Å². The monoisotopic (exact) mass is 429 g/mol. The third kappa shape index (κ3) is 24.2. The summed E-state index contributed by atoms with van der Waals surface area (Å²) >= 11 is 0.